The van der Waals surface area contributed by atoms with Crippen molar-refractivity contribution in [2.24, 2.45) is 5.92 Å². The maximum atomic E-state index is 13.7. The normalized spacial score (nSPS) is 15.0. The molecule has 136 valence electrons. The Hall–Kier alpha value is -1.61. The number of anilines is 1. The van der Waals surface area contributed by atoms with Crippen molar-refractivity contribution >= 4 is 18.4 Å². The maximum absolute atomic E-state index is 13.7. The molecular weight excluding hydrogens is 333 g/mol. The molecule has 0 heterocycles. The molecule has 5 heteroatoms. The van der Waals surface area contributed by atoms with Gasteiger partial charge in [0.1, 0.15) is 0 Å². The third-order valence-electron chi connectivity index (χ3n) is 4.02. The van der Waals surface area contributed by atoms with Crippen LogP contribution in [0.3, 0.4) is 0 Å². The lowest BCUT2D eigenvalue weighted by molar-refractivity contribution is 0.203. The molecule has 2 aromatic rings. The van der Waals surface area contributed by atoms with Crippen LogP contribution in [-0.2, 0) is 9.09 Å². The summed E-state index contributed by atoms with van der Waals surface area (Å²) in [5, 5.41) is 11.4. The topological polar surface area (TPSA) is 49.8 Å². The second kappa shape index (κ2) is 8.18. The zero-order valence-electron chi connectivity index (χ0n) is 15.6. The molecule has 2 unspecified atom stereocenters. The number of aliphatic hydroxyl groups excluding tert-OH is 1. The first-order valence-electron chi connectivity index (χ1n) is 8.51. The summed E-state index contributed by atoms with van der Waals surface area (Å²) in [6.45, 7) is 6.30. The highest BCUT2D eigenvalue weighted by Gasteiger charge is 2.36. The zero-order valence-corrected chi connectivity index (χ0v) is 16.5. The van der Waals surface area contributed by atoms with E-state index in [0.717, 1.165) is 11.3 Å². The van der Waals surface area contributed by atoms with Gasteiger partial charge in [0.05, 0.1) is 6.61 Å². The lowest BCUT2D eigenvalue weighted by Gasteiger charge is -2.26. The van der Waals surface area contributed by atoms with Crippen LogP contribution in [0.25, 0.3) is 0 Å². The van der Waals surface area contributed by atoms with Crippen molar-refractivity contribution < 1.29 is 14.2 Å². The Balaban J connectivity index is 2.42. The largest absolute Gasteiger partial charge is 0.378 e. The molecule has 2 aromatic carbocycles. The maximum Gasteiger partial charge on any atom is 0.264 e. The van der Waals surface area contributed by atoms with Gasteiger partial charge in [0.15, 0.2) is 5.85 Å². The molecule has 0 bridgehead atoms. The van der Waals surface area contributed by atoms with Crippen molar-refractivity contribution in [3.8, 4) is 0 Å². The molecule has 1 N–H and O–H groups in total. The summed E-state index contributed by atoms with van der Waals surface area (Å²) in [6, 6.07) is 14.8. The molecule has 0 fully saturated rings. The van der Waals surface area contributed by atoms with Crippen LogP contribution in [0.15, 0.2) is 48.5 Å². The van der Waals surface area contributed by atoms with Gasteiger partial charge in [-0.3, -0.25) is 4.57 Å². The van der Waals surface area contributed by atoms with E-state index in [0.29, 0.717) is 17.5 Å². The molecule has 0 saturated heterocycles. The Kier molecular flexibility index (Phi) is 6.45. The summed E-state index contributed by atoms with van der Waals surface area (Å²) in [7, 11) is 0.432. The summed E-state index contributed by atoms with van der Waals surface area (Å²) in [5.41, 5.74) is 2.70. The monoisotopic (exact) mass is 361 g/mol. The van der Waals surface area contributed by atoms with Crippen LogP contribution >= 0.6 is 7.37 Å². The van der Waals surface area contributed by atoms with Crippen LogP contribution in [0, 0.1) is 12.8 Å². The molecule has 4 nitrogen and oxygen atoms in total. The van der Waals surface area contributed by atoms with E-state index in [4.69, 9.17) is 4.52 Å². The number of aryl methyl sites for hydroxylation is 1. The summed E-state index contributed by atoms with van der Waals surface area (Å²) < 4.78 is 19.5. The number of benzene rings is 2. The summed E-state index contributed by atoms with van der Waals surface area (Å²) in [6.07, 6.45) is 0. The molecule has 0 aromatic heterocycles. The molecular formula is C20H28NO3P. The minimum absolute atomic E-state index is 0.222. The van der Waals surface area contributed by atoms with Crippen molar-refractivity contribution in [1.29, 1.82) is 0 Å². The second-order valence-corrected chi connectivity index (χ2v) is 9.44. The molecule has 0 radical (unpaired) electrons. The zero-order chi connectivity index (χ0) is 18.6. The highest BCUT2D eigenvalue weighted by atomic mass is 31.2. The van der Waals surface area contributed by atoms with Crippen LogP contribution in [-0.4, -0.2) is 25.8 Å². The molecule has 0 amide bonds. The molecule has 0 saturated carbocycles. The Morgan fingerprint density at radius 2 is 1.60 bits per heavy atom. The molecule has 0 aliphatic carbocycles. The summed E-state index contributed by atoms with van der Waals surface area (Å²) in [5.74, 6) is -0.961. The summed E-state index contributed by atoms with van der Waals surface area (Å²) >= 11 is 0. The fourth-order valence-corrected chi connectivity index (χ4v) is 4.66. The molecule has 0 aliphatic heterocycles. The van der Waals surface area contributed by atoms with Gasteiger partial charge in [0.2, 0.25) is 0 Å². The van der Waals surface area contributed by atoms with E-state index < -0.39 is 13.2 Å². The van der Waals surface area contributed by atoms with E-state index in [1.54, 1.807) is 24.3 Å². The van der Waals surface area contributed by atoms with E-state index in [1.807, 2.05) is 64.0 Å². The first-order valence-corrected chi connectivity index (χ1v) is 10.2. The lowest BCUT2D eigenvalue weighted by Crippen LogP contribution is -2.17. The van der Waals surface area contributed by atoms with Crippen molar-refractivity contribution in [3.63, 3.8) is 0 Å². The number of aliphatic hydroxyl groups is 1. The number of hydrogen-bond donors (Lipinski definition) is 1. The van der Waals surface area contributed by atoms with Gasteiger partial charge in [-0.25, -0.2) is 0 Å². The average Bonchev–Trinajstić information content (AvgIpc) is 2.59. The Morgan fingerprint density at radius 3 is 2.08 bits per heavy atom. The van der Waals surface area contributed by atoms with Gasteiger partial charge < -0.3 is 14.5 Å². The van der Waals surface area contributed by atoms with E-state index in [9.17, 15) is 9.67 Å². The third kappa shape index (κ3) is 4.72. The average molecular weight is 361 g/mol. The Bertz CT molecular complexity index is 724. The smallest absolute Gasteiger partial charge is 0.264 e. The van der Waals surface area contributed by atoms with Gasteiger partial charge >= 0.3 is 0 Å². The highest BCUT2D eigenvalue weighted by Crippen LogP contribution is 2.57. The van der Waals surface area contributed by atoms with Crippen molar-refractivity contribution in [1.82, 2.24) is 0 Å². The van der Waals surface area contributed by atoms with Crippen molar-refractivity contribution in [2.45, 2.75) is 26.6 Å². The van der Waals surface area contributed by atoms with E-state index in [2.05, 4.69) is 0 Å². The standard InChI is InChI=1S/C20H28NO3P/c1-15(2)14-24-25(23,19-12-10-18(11-13-19)21(4)5)20(22)17-8-6-16(3)7-9-17/h6-13,15,20,22H,14H2,1-5H3. The SMILES string of the molecule is Cc1ccc(C(O)P(=O)(OCC(C)C)c2ccc(N(C)C)cc2)cc1. The summed E-state index contributed by atoms with van der Waals surface area (Å²) in [4.78, 5) is 1.97. The molecule has 0 spiro atoms. The van der Waals surface area contributed by atoms with Crippen molar-refractivity contribution in [2.75, 3.05) is 25.6 Å². The quantitative estimate of drug-likeness (QED) is 0.746. The van der Waals surface area contributed by atoms with Crippen LogP contribution in [0.5, 0.6) is 0 Å². The number of rotatable bonds is 7. The highest BCUT2D eigenvalue weighted by molar-refractivity contribution is 7.67. The van der Waals surface area contributed by atoms with Crippen molar-refractivity contribution in [3.05, 3.63) is 59.7 Å². The van der Waals surface area contributed by atoms with E-state index >= 15 is 0 Å². The first-order chi connectivity index (χ1) is 11.7. The minimum Gasteiger partial charge on any atom is -0.378 e. The van der Waals surface area contributed by atoms with Gasteiger partial charge in [-0.1, -0.05) is 43.7 Å². The number of hydrogen-bond acceptors (Lipinski definition) is 4. The van der Waals surface area contributed by atoms with Crippen LogP contribution in [0.4, 0.5) is 5.69 Å². The van der Waals surface area contributed by atoms with Crippen LogP contribution in [0.2, 0.25) is 0 Å². The second-order valence-electron chi connectivity index (χ2n) is 6.98. The Labute approximate surface area is 150 Å². The molecule has 2 atom stereocenters. The van der Waals surface area contributed by atoms with E-state index in [-0.39, 0.29) is 5.92 Å². The predicted octanol–water partition coefficient (Wildman–Crippen LogP) is 4.33. The van der Waals surface area contributed by atoms with Gasteiger partial charge in [0, 0.05) is 25.1 Å². The van der Waals surface area contributed by atoms with Gasteiger partial charge in [-0.2, -0.15) is 0 Å². The molecule has 2 rings (SSSR count). The minimum atomic E-state index is -3.47. The first kappa shape index (κ1) is 19.7. The predicted molar refractivity (Wildman–Crippen MR) is 105 cm³/mol. The van der Waals surface area contributed by atoms with Gasteiger partial charge in [0.25, 0.3) is 7.37 Å². The molecule has 0 aliphatic rings. The van der Waals surface area contributed by atoms with Gasteiger partial charge in [-0.05, 0) is 42.7 Å². The lowest BCUT2D eigenvalue weighted by atomic mass is 10.2. The Morgan fingerprint density at radius 1 is 1.04 bits per heavy atom. The van der Waals surface area contributed by atoms with Crippen LogP contribution in [0.1, 0.15) is 30.8 Å². The van der Waals surface area contributed by atoms with E-state index in [1.165, 1.54) is 0 Å². The van der Waals surface area contributed by atoms with Crippen LogP contribution < -0.4 is 10.2 Å². The fraction of sp³-hybridized carbons (Fsp3) is 0.400. The third-order valence-corrected chi connectivity index (χ3v) is 6.52. The molecule has 25 heavy (non-hydrogen) atoms. The fourth-order valence-electron chi connectivity index (χ4n) is 2.44. The number of nitrogens with zero attached hydrogens (tertiary/aromatic N) is 1. The van der Waals surface area contributed by atoms with Gasteiger partial charge in [-0.15, -0.1) is 0 Å².